The molecular weight excluding hydrogens is 468 g/mol. The van der Waals surface area contributed by atoms with Crippen LogP contribution in [0.5, 0.6) is 5.88 Å². The molecule has 5 heterocycles. The lowest BCUT2D eigenvalue weighted by molar-refractivity contribution is 0.00327. The zero-order valence-electron chi connectivity index (χ0n) is 16.8. The zero-order chi connectivity index (χ0) is 21.5. The first kappa shape index (κ1) is 19.7. The molecule has 31 heavy (non-hydrogen) atoms. The van der Waals surface area contributed by atoms with Gasteiger partial charge in [0, 0.05) is 11.9 Å². The number of amides is 1. The van der Waals surface area contributed by atoms with Crippen LogP contribution in [0.4, 0.5) is 11.5 Å². The molecule has 0 radical (unpaired) electrons. The second kappa shape index (κ2) is 7.78. The van der Waals surface area contributed by atoms with E-state index in [-0.39, 0.29) is 11.9 Å². The van der Waals surface area contributed by atoms with Gasteiger partial charge in [-0.2, -0.15) is 10.1 Å². The van der Waals surface area contributed by atoms with Crippen LogP contribution in [-0.2, 0) is 4.74 Å². The average Bonchev–Trinajstić information content (AvgIpc) is 3.37. The maximum Gasteiger partial charge on any atom is 0.271 e. The van der Waals surface area contributed by atoms with E-state index in [1.54, 1.807) is 11.1 Å². The van der Waals surface area contributed by atoms with Gasteiger partial charge in [0.1, 0.15) is 29.2 Å². The van der Waals surface area contributed by atoms with Gasteiger partial charge in [-0.05, 0) is 28.9 Å². The molecule has 1 unspecified atom stereocenters. The standard InChI is InChI=1S/C19H19BrN8O3/c1-9-7-31-4-3-28(9)19(29)14-13(20)12-16(21-8-22-17(12)25-14)24-11-5-10-6-23-27-15(10)26-18(11)30-2/h5-6,8-9H,3-4,7H2,1-2H3,(H,23,26,27)(H2,21,22,24,25). The van der Waals surface area contributed by atoms with E-state index < -0.39 is 0 Å². The van der Waals surface area contributed by atoms with Crippen molar-refractivity contribution >= 4 is 55.4 Å². The Kier molecular flexibility index (Phi) is 4.94. The molecule has 11 nitrogen and oxygen atoms in total. The molecule has 3 N–H and O–H groups in total. The van der Waals surface area contributed by atoms with Gasteiger partial charge in [-0.3, -0.25) is 9.89 Å². The molecular formula is C19H19BrN8O3. The van der Waals surface area contributed by atoms with E-state index in [2.05, 4.69) is 51.4 Å². The van der Waals surface area contributed by atoms with Crippen molar-refractivity contribution < 1.29 is 14.3 Å². The number of hydrogen-bond acceptors (Lipinski definition) is 8. The minimum Gasteiger partial charge on any atom is -0.479 e. The molecule has 1 aliphatic rings. The SMILES string of the molecule is COc1nc2[nH]ncc2cc1Nc1ncnc2[nH]c(C(=O)N3CCOCC3C)c(Br)c12. The second-order valence-corrected chi connectivity index (χ2v) is 7.95. The van der Waals surface area contributed by atoms with Crippen molar-refractivity contribution in [1.82, 2.24) is 35.0 Å². The number of halogens is 1. The van der Waals surface area contributed by atoms with Crippen molar-refractivity contribution in [3.05, 3.63) is 28.8 Å². The number of carbonyl (C=O) groups is 1. The van der Waals surface area contributed by atoms with Crippen molar-refractivity contribution in [3.8, 4) is 5.88 Å². The van der Waals surface area contributed by atoms with Crippen LogP contribution >= 0.6 is 15.9 Å². The van der Waals surface area contributed by atoms with Crippen molar-refractivity contribution in [3.63, 3.8) is 0 Å². The highest BCUT2D eigenvalue weighted by atomic mass is 79.9. The van der Waals surface area contributed by atoms with Crippen LogP contribution < -0.4 is 10.1 Å². The third-order valence-electron chi connectivity index (χ3n) is 5.21. The molecule has 1 amide bonds. The number of H-pyrrole nitrogens is 2. The Morgan fingerprint density at radius 3 is 3.06 bits per heavy atom. The molecule has 0 aromatic carbocycles. The van der Waals surface area contributed by atoms with Crippen molar-refractivity contribution in [2.75, 3.05) is 32.2 Å². The molecule has 1 fully saturated rings. The van der Waals surface area contributed by atoms with E-state index in [4.69, 9.17) is 9.47 Å². The van der Waals surface area contributed by atoms with Crippen molar-refractivity contribution in [2.45, 2.75) is 13.0 Å². The van der Waals surface area contributed by atoms with Crippen LogP contribution in [0.1, 0.15) is 17.4 Å². The fourth-order valence-corrected chi connectivity index (χ4v) is 4.28. The predicted molar refractivity (Wildman–Crippen MR) is 117 cm³/mol. The summed E-state index contributed by atoms with van der Waals surface area (Å²) in [5, 5.41) is 11.5. The maximum absolute atomic E-state index is 13.2. The van der Waals surface area contributed by atoms with Crippen LogP contribution in [0.15, 0.2) is 23.1 Å². The Balaban J connectivity index is 1.56. The molecule has 160 valence electrons. The van der Waals surface area contributed by atoms with Crippen LogP contribution in [0, 0.1) is 0 Å². The van der Waals surface area contributed by atoms with Gasteiger partial charge in [-0.25, -0.2) is 9.97 Å². The fraction of sp³-hybridized carbons (Fsp3) is 0.316. The third-order valence-corrected chi connectivity index (χ3v) is 6.00. The number of hydrogen-bond donors (Lipinski definition) is 3. The molecule has 0 saturated carbocycles. The Morgan fingerprint density at radius 2 is 2.26 bits per heavy atom. The number of anilines is 2. The molecule has 1 saturated heterocycles. The smallest absolute Gasteiger partial charge is 0.271 e. The fourth-order valence-electron chi connectivity index (χ4n) is 3.64. The summed E-state index contributed by atoms with van der Waals surface area (Å²) in [6.07, 6.45) is 3.10. The van der Waals surface area contributed by atoms with Crippen molar-refractivity contribution in [1.29, 1.82) is 0 Å². The number of nitrogens with zero attached hydrogens (tertiary/aromatic N) is 5. The van der Waals surface area contributed by atoms with Crippen molar-refractivity contribution in [2.24, 2.45) is 0 Å². The quantitative estimate of drug-likeness (QED) is 0.400. The summed E-state index contributed by atoms with van der Waals surface area (Å²) in [5.74, 6) is 0.768. The van der Waals surface area contributed by atoms with Gasteiger partial charge in [0.15, 0.2) is 5.65 Å². The molecule has 0 aliphatic carbocycles. The summed E-state index contributed by atoms with van der Waals surface area (Å²) in [7, 11) is 1.54. The van der Waals surface area contributed by atoms with E-state index in [0.29, 0.717) is 64.0 Å². The first-order valence-electron chi connectivity index (χ1n) is 9.63. The second-order valence-electron chi connectivity index (χ2n) is 7.16. The van der Waals surface area contributed by atoms with Gasteiger partial charge >= 0.3 is 0 Å². The van der Waals surface area contributed by atoms with Crippen LogP contribution in [0.25, 0.3) is 22.1 Å². The minimum atomic E-state index is -0.120. The maximum atomic E-state index is 13.2. The van der Waals surface area contributed by atoms with Gasteiger partial charge in [0.25, 0.3) is 5.91 Å². The monoisotopic (exact) mass is 486 g/mol. The van der Waals surface area contributed by atoms with Crippen LogP contribution in [0.2, 0.25) is 0 Å². The Morgan fingerprint density at radius 1 is 1.39 bits per heavy atom. The van der Waals surface area contributed by atoms with E-state index in [0.717, 1.165) is 5.39 Å². The average molecular weight is 487 g/mol. The van der Waals surface area contributed by atoms with Gasteiger partial charge < -0.3 is 24.7 Å². The van der Waals surface area contributed by atoms with Gasteiger partial charge in [-0.1, -0.05) is 0 Å². The number of pyridine rings is 1. The topological polar surface area (TPSA) is 134 Å². The van der Waals surface area contributed by atoms with E-state index >= 15 is 0 Å². The summed E-state index contributed by atoms with van der Waals surface area (Å²) in [4.78, 5) is 31.2. The molecule has 5 rings (SSSR count). The third kappa shape index (κ3) is 3.37. The number of methoxy groups -OCH3 is 1. The summed E-state index contributed by atoms with van der Waals surface area (Å²) < 4.78 is 11.5. The van der Waals surface area contributed by atoms with Gasteiger partial charge in [0.2, 0.25) is 5.88 Å². The number of rotatable bonds is 4. The Bertz CT molecular complexity index is 1290. The summed E-state index contributed by atoms with van der Waals surface area (Å²) in [6.45, 7) is 3.53. The summed E-state index contributed by atoms with van der Waals surface area (Å²) >= 11 is 3.58. The largest absolute Gasteiger partial charge is 0.479 e. The predicted octanol–water partition coefficient (Wildman–Crippen LogP) is 2.60. The molecule has 1 atom stereocenters. The lowest BCUT2D eigenvalue weighted by Gasteiger charge is -2.33. The summed E-state index contributed by atoms with van der Waals surface area (Å²) in [6, 6.07) is 1.85. The lowest BCUT2D eigenvalue weighted by atomic mass is 10.2. The molecule has 12 heteroatoms. The Labute approximate surface area is 184 Å². The highest BCUT2D eigenvalue weighted by molar-refractivity contribution is 9.10. The highest BCUT2D eigenvalue weighted by Gasteiger charge is 2.29. The first-order chi connectivity index (χ1) is 15.1. The molecule has 0 spiro atoms. The number of nitrogens with one attached hydrogen (secondary N) is 3. The normalized spacial score (nSPS) is 16.7. The van der Waals surface area contributed by atoms with Crippen LogP contribution in [-0.4, -0.2) is 73.9 Å². The molecule has 1 aliphatic heterocycles. The number of ether oxygens (including phenoxy) is 2. The number of aromatic amines is 2. The molecule has 4 aromatic heterocycles. The van der Waals surface area contributed by atoms with E-state index in [1.807, 2.05) is 13.0 Å². The number of aromatic nitrogens is 6. The van der Waals surface area contributed by atoms with Gasteiger partial charge in [0.05, 0.1) is 42.4 Å². The first-order valence-corrected chi connectivity index (χ1v) is 10.4. The van der Waals surface area contributed by atoms with Crippen LogP contribution in [0.3, 0.4) is 0 Å². The highest BCUT2D eigenvalue weighted by Crippen LogP contribution is 2.36. The number of morpholine rings is 1. The van der Waals surface area contributed by atoms with E-state index in [9.17, 15) is 4.79 Å². The van der Waals surface area contributed by atoms with E-state index in [1.165, 1.54) is 13.4 Å². The lowest BCUT2D eigenvalue weighted by Crippen LogP contribution is -2.47. The zero-order valence-corrected chi connectivity index (χ0v) is 18.4. The Hall–Kier alpha value is -3.25. The van der Waals surface area contributed by atoms with Gasteiger partial charge in [-0.15, -0.1) is 0 Å². The number of fused-ring (bicyclic) bond motifs is 2. The molecule has 0 bridgehead atoms. The number of carbonyl (C=O) groups excluding carboxylic acids is 1. The molecule has 4 aromatic rings. The minimum absolute atomic E-state index is 0.0136. The summed E-state index contributed by atoms with van der Waals surface area (Å²) in [5.41, 5.74) is 2.18.